The van der Waals surface area contributed by atoms with Crippen molar-refractivity contribution < 1.29 is 13.2 Å². The van der Waals surface area contributed by atoms with Crippen molar-refractivity contribution in [2.24, 2.45) is 7.05 Å². The van der Waals surface area contributed by atoms with E-state index in [0.717, 1.165) is 6.07 Å². The van der Waals surface area contributed by atoms with E-state index >= 15 is 0 Å². The molecule has 0 aromatic carbocycles. The highest BCUT2D eigenvalue weighted by Crippen LogP contribution is 2.36. The lowest BCUT2D eigenvalue weighted by atomic mass is 10.1. The fraction of sp³-hybridized carbons (Fsp3) is 0.308. The largest absolute Gasteiger partial charge is 0.417 e. The second-order valence-corrected chi connectivity index (χ2v) is 4.65. The standard InChI is InChI=1S/C13H12F3N5/c1-3-21-12-9(6-18-21)10(13(14,15)16)4-11(19-12)8-5-17-20(2)7-8/h4-7H,3H2,1-2H3. The van der Waals surface area contributed by atoms with Crippen molar-refractivity contribution in [1.82, 2.24) is 24.5 Å². The Morgan fingerprint density at radius 2 is 1.95 bits per heavy atom. The van der Waals surface area contributed by atoms with Crippen LogP contribution in [0.5, 0.6) is 0 Å². The van der Waals surface area contributed by atoms with E-state index in [0.29, 0.717) is 12.1 Å². The summed E-state index contributed by atoms with van der Waals surface area (Å²) in [6.45, 7) is 2.25. The van der Waals surface area contributed by atoms with E-state index in [4.69, 9.17) is 0 Å². The van der Waals surface area contributed by atoms with Crippen LogP contribution < -0.4 is 0 Å². The average molecular weight is 295 g/mol. The van der Waals surface area contributed by atoms with E-state index in [1.807, 2.05) is 0 Å². The van der Waals surface area contributed by atoms with Gasteiger partial charge in [0.1, 0.15) is 0 Å². The molecule has 0 N–H and O–H groups in total. The molecule has 0 aliphatic rings. The summed E-state index contributed by atoms with van der Waals surface area (Å²) in [5.41, 5.74) is 0.268. The van der Waals surface area contributed by atoms with Crippen LogP contribution in [-0.4, -0.2) is 24.5 Å². The number of aryl methyl sites for hydroxylation is 2. The maximum absolute atomic E-state index is 13.2. The van der Waals surface area contributed by atoms with Gasteiger partial charge in [0.25, 0.3) is 0 Å². The number of pyridine rings is 1. The summed E-state index contributed by atoms with van der Waals surface area (Å²) in [7, 11) is 1.70. The number of halogens is 3. The van der Waals surface area contributed by atoms with E-state index in [9.17, 15) is 13.2 Å². The number of nitrogens with zero attached hydrogens (tertiary/aromatic N) is 5. The number of aromatic nitrogens is 5. The molecule has 0 amide bonds. The van der Waals surface area contributed by atoms with Crippen LogP contribution in [0.25, 0.3) is 22.3 Å². The van der Waals surface area contributed by atoms with E-state index in [1.165, 1.54) is 21.8 Å². The Kier molecular flexibility index (Phi) is 2.96. The molecule has 3 aromatic heterocycles. The third-order valence-corrected chi connectivity index (χ3v) is 3.21. The maximum atomic E-state index is 13.2. The van der Waals surface area contributed by atoms with Crippen molar-refractivity contribution in [1.29, 1.82) is 0 Å². The Morgan fingerprint density at radius 1 is 1.19 bits per heavy atom. The third kappa shape index (κ3) is 2.26. The zero-order chi connectivity index (χ0) is 15.2. The number of hydrogen-bond acceptors (Lipinski definition) is 3. The fourth-order valence-electron chi connectivity index (χ4n) is 2.21. The van der Waals surface area contributed by atoms with E-state index < -0.39 is 11.7 Å². The highest BCUT2D eigenvalue weighted by Gasteiger charge is 2.34. The normalized spacial score (nSPS) is 12.2. The molecule has 110 valence electrons. The zero-order valence-corrected chi connectivity index (χ0v) is 11.4. The predicted molar refractivity (Wildman–Crippen MR) is 70.4 cm³/mol. The minimum absolute atomic E-state index is 0.0111. The minimum Gasteiger partial charge on any atom is -0.275 e. The number of rotatable bonds is 2. The molecule has 0 fully saturated rings. The first-order chi connectivity index (χ1) is 9.90. The summed E-state index contributed by atoms with van der Waals surface area (Å²) in [4.78, 5) is 4.31. The van der Waals surface area contributed by atoms with Gasteiger partial charge < -0.3 is 0 Å². The van der Waals surface area contributed by atoms with Crippen molar-refractivity contribution in [2.75, 3.05) is 0 Å². The van der Waals surface area contributed by atoms with E-state index in [2.05, 4.69) is 15.2 Å². The Bertz CT molecular complexity index is 800. The average Bonchev–Trinajstić information content (AvgIpc) is 3.02. The molecular formula is C13H12F3N5. The lowest BCUT2D eigenvalue weighted by Gasteiger charge is -2.10. The van der Waals surface area contributed by atoms with Gasteiger partial charge in [-0.05, 0) is 13.0 Å². The second kappa shape index (κ2) is 4.57. The first-order valence-electron chi connectivity index (χ1n) is 6.33. The Labute approximate surface area is 118 Å². The van der Waals surface area contributed by atoms with Crippen LogP contribution in [0.4, 0.5) is 13.2 Å². The molecular weight excluding hydrogens is 283 g/mol. The maximum Gasteiger partial charge on any atom is 0.417 e. The Balaban J connectivity index is 2.31. The van der Waals surface area contributed by atoms with Gasteiger partial charge in [0.2, 0.25) is 0 Å². The van der Waals surface area contributed by atoms with Gasteiger partial charge in [0, 0.05) is 25.4 Å². The summed E-state index contributed by atoms with van der Waals surface area (Å²) in [5, 5.41) is 7.94. The molecule has 0 aliphatic heterocycles. The first-order valence-corrected chi connectivity index (χ1v) is 6.33. The summed E-state index contributed by atoms with van der Waals surface area (Å²) in [6, 6.07) is 1.04. The van der Waals surface area contributed by atoms with Gasteiger partial charge in [0.15, 0.2) is 5.65 Å². The van der Waals surface area contributed by atoms with Crippen LogP contribution in [0.15, 0.2) is 24.7 Å². The smallest absolute Gasteiger partial charge is 0.275 e. The number of fused-ring (bicyclic) bond motifs is 1. The van der Waals surface area contributed by atoms with Gasteiger partial charge in [-0.15, -0.1) is 0 Å². The van der Waals surface area contributed by atoms with Gasteiger partial charge >= 0.3 is 6.18 Å². The molecule has 3 heterocycles. The molecule has 3 rings (SSSR count). The van der Waals surface area contributed by atoms with Crippen LogP contribution in [0.3, 0.4) is 0 Å². The molecule has 8 heteroatoms. The first kappa shape index (κ1) is 13.6. The lowest BCUT2D eigenvalue weighted by Crippen LogP contribution is -2.07. The second-order valence-electron chi connectivity index (χ2n) is 4.65. The van der Waals surface area contributed by atoms with E-state index in [1.54, 1.807) is 20.2 Å². The quantitative estimate of drug-likeness (QED) is 0.730. The molecule has 3 aromatic rings. The minimum atomic E-state index is -4.46. The van der Waals surface area contributed by atoms with Gasteiger partial charge in [-0.25, -0.2) is 9.67 Å². The molecule has 0 saturated heterocycles. The van der Waals surface area contributed by atoms with Gasteiger partial charge in [-0.1, -0.05) is 0 Å². The van der Waals surface area contributed by atoms with Gasteiger partial charge in [0.05, 0.1) is 29.0 Å². The van der Waals surface area contributed by atoms with Crippen molar-refractivity contribution in [3.05, 3.63) is 30.2 Å². The summed E-state index contributed by atoms with van der Waals surface area (Å²) in [6.07, 6.45) is -0.136. The predicted octanol–water partition coefficient (Wildman–Crippen LogP) is 2.87. The third-order valence-electron chi connectivity index (χ3n) is 3.21. The molecule has 0 aliphatic carbocycles. The van der Waals surface area contributed by atoms with Crippen molar-refractivity contribution in [2.45, 2.75) is 19.6 Å². The van der Waals surface area contributed by atoms with Gasteiger partial charge in [-0.3, -0.25) is 4.68 Å². The van der Waals surface area contributed by atoms with Crippen molar-refractivity contribution in [3.63, 3.8) is 0 Å². The van der Waals surface area contributed by atoms with Crippen molar-refractivity contribution in [3.8, 4) is 11.3 Å². The lowest BCUT2D eigenvalue weighted by molar-refractivity contribution is -0.136. The molecule has 0 spiro atoms. The summed E-state index contributed by atoms with van der Waals surface area (Å²) >= 11 is 0. The SMILES string of the molecule is CCn1ncc2c(C(F)(F)F)cc(-c3cnn(C)c3)nc21. The van der Waals surface area contributed by atoms with Crippen LogP contribution in [-0.2, 0) is 19.8 Å². The molecule has 21 heavy (non-hydrogen) atoms. The van der Waals surface area contributed by atoms with Crippen LogP contribution >= 0.6 is 0 Å². The highest BCUT2D eigenvalue weighted by molar-refractivity contribution is 5.82. The molecule has 0 saturated carbocycles. The van der Waals surface area contributed by atoms with Gasteiger partial charge in [-0.2, -0.15) is 23.4 Å². The zero-order valence-electron chi connectivity index (χ0n) is 11.4. The topological polar surface area (TPSA) is 48.5 Å². The molecule has 0 atom stereocenters. The van der Waals surface area contributed by atoms with E-state index in [-0.39, 0.29) is 16.7 Å². The Hall–Kier alpha value is -2.38. The van der Waals surface area contributed by atoms with Crippen LogP contribution in [0.2, 0.25) is 0 Å². The molecule has 0 bridgehead atoms. The van der Waals surface area contributed by atoms with Crippen molar-refractivity contribution >= 4 is 11.0 Å². The van der Waals surface area contributed by atoms with Crippen LogP contribution in [0, 0.1) is 0 Å². The highest BCUT2D eigenvalue weighted by atomic mass is 19.4. The molecule has 0 radical (unpaired) electrons. The number of hydrogen-bond donors (Lipinski definition) is 0. The fourth-order valence-corrected chi connectivity index (χ4v) is 2.21. The summed E-state index contributed by atoms with van der Waals surface area (Å²) in [5.74, 6) is 0. The monoisotopic (exact) mass is 295 g/mol. The number of alkyl halides is 3. The van der Waals surface area contributed by atoms with Crippen LogP contribution in [0.1, 0.15) is 12.5 Å². The summed E-state index contributed by atoms with van der Waals surface area (Å²) < 4.78 is 42.7. The molecule has 5 nitrogen and oxygen atoms in total. The molecule has 0 unspecified atom stereocenters. The Morgan fingerprint density at radius 3 is 2.52 bits per heavy atom.